The molecule has 6 nitrogen and oxygen atoms in total. The molecule has 2 aliphatic rings. The maximum atomic E-state index is 10.5. The minimum atomic E-state index is 0.205. The zero-order valence-corrected chi connectivity index (χ0v) is 16.1. The van der Waals surface area contributed by atoms with Crippen LogP contribution in [0.15, 0.2) is 46.7 Å². The zero-order chi connectivity index (χ0) is 19.8. The van der Waals surface area contributed by atoms with Crippen LogP contribution in [0.5, 0.6) is 11.5 Å². The number of nitrogens with zero attached hydrogens (tertiary/aromatic N) is 3. The Balaban J connectivity index is 1.96. The van der Waals surface area contributed by atoms with E-state index in [0.717, 1.165) is 56.4 Å². The standard InChI is InChI=1S/C22H24N4O2/c1-26(2)10-8-14-12-25-22-16(4-6-18(28)20(14)22)15-3-5-17(27)19-13(7-9-23)11-24-21(15)19/h3-6,11-12,27-28H,7-10,23H2,1-2H3. The van der Waals surface area contributed by atoms with Crippen LogP contribution in [-0.4, -0.2) is 42.3 Å². The van der Waals surface area contributed by atoms with Gasteiger partial charge in [0.05, 0.1) is 10.7 Å². The summed E-state index contributed by atoms with van der Waals surface area (Å²) in [5.41, 5.74) is 9.19. The number of rotatable bonds is 5. The van der Waals surface area contributed by atoms with Gasteiger partial charge in [-0.05, 0) is 68.9 Å². The van der Waals surface area contributed by atoms with Crippen molar-refractivity contribution in [2.45, 2.75) is 12.8 Å². The van der Waals surface area contributed by atoms with Crippen LogP contribution in [0.25, 0.3) is 11.1 Å². The molecule has 0 radical (unpaired) electrons. The van der Waals surface area contributed by atoms with E-state index in [2.05, 4.69) is 14.9 Å². The highest BCUT2D eigenvalue weighted by Crippen LogP contribution is 2.29. The third-order valence-electron chi connectivity index (χ3n) is 5.19. The van der Waals surface area contributed by atoms with Crippen molar-refractivity contribution in [2.24, 2.45) is 15.7 Å². The third kappa shape index (κ3) is 3.00. The van der Waals surface area contributed by atoms with E-state index in [1.165, 1.54) is 0 Å². The molecule has 144 valence electrons. The summed E-state index contributed by atoms with van der Waals surface area (Å²) in [6.07, 6.45) is 5.08. The van der Waals surface area contributed by atoms with E-state index in [-0.39, 0.29) is 11.5 Å². The zero-order valence-electron chi connectivity index (χ0n) is 16.1. The molecule has 0 bridgehead atoms. The normalized spacial score (nSPS) is 15.6. The second-order valence-electron chi connectivity index (χ2n) is 7.37. The van der Waals surface area contributed by atoms with Gasteiger partial charge in [0.1, 0.15) is 11.5 Å². The highest BCUT2D eigenvalue weighted by molar-refractivity contribution is 5.74. The van der Waals surface area contributed by atoms with Crippen molar-refractivity contribution in [3.63, 3.8) is 0 Å². The molecule has 2 heterocycles. The summed E-state index contributed by atoms with van der Waals surface area (Å²) in [7, 11) is 4.05. The van der Waals surface area contributed by atoms with Gasteiger partial charge in [-0.15, -0.1) is 0 Å². The second kappa shape index (κ2) is 7.22. The Bertz CT molecular complexity index is 1230. The summed E-state index contributed by atoms with van der Waals surface area (Å²) in [4.78, 5) is 11.3. The molecular formula is C22H24N4O2. The summed E-state index contributed by atoms with van der Waals surface area (Å²) in [6.45, 7) is 1.37. The molecule has 0 aromatic heterocycles. The van der Waals surface area contributed by atoms with Gasteiger partial charge in [0.2, 0.25) is 0 Å². The fraction of sp³-hybridized carbons (Fsp3) is 0.273. The number of aromatic hydroxyl groups is 2. The quantitative estimate of drug-likeness (QED) is 0.739. The summed E-state index contributed by atoms with van der Waals surface area (Å²) >= 11 is 0. The van der Waals surface area contributed by atoms with E-state index in [0.29, 0.717) is 13.0 Å². The van der Waals surface area contributed by atoms with Crippen molar-refractivity contribution >= 4 is 11.1 Å². The molecule has 0 saturated carbocycles. The number of fused-ring (bicyclic) bond motifs is 2. The fourth-order valence-electron chi connectivity index (χ4n) is 3.79. The van der Waals surface area contributed by atoms with Crippen LogP contribution in [0.2, 0.25) is 0 Å². The number of benzene rings is 2. The molecular weight excluding hydrogens is 352 g/mol. The van der Waals surface area contributed by atoms with Gasteiger partial charge in [0, 0.05) is 40.5 Å². The Kier molecular flexibility index (Phi) is 4.75. The molecule has 0 saturated heterocycles. The van der Waals surface area contributed by atoms with Crippen molar-refractivity contribution in [1.29, 1.82) is 0 Å². The summed E-state index contributed by atoms with van der Waals surface area (Å²) in [5, 5.41) is 24.1. The molecule has 4 rings (SSSR count). The Morgan fingerprint density at radius 3 is 1.79 bits per heavy atom. The Morgan fingerprint density at radius 1 is 0.821 bits per heavy atom. The molecule has 0 spiro atoms. The first kappa shape index (κ1) is 18.4. The number of nitrogens with two attached hydrogens (primary N) is 1. The Labute approximate surface area is 163 Å². The van der Waals surface area contributed by atoms with Crippen molar-refractivity contribution in [2.75, 3.05) is 27.2 Å². The maximum absolute atomic E-state index is 10.5. The predicted octanol–water partition coefficient (Wildman–Crippen LogP) is 1.63. The SMILES string of the molecule is CN(C)CCC1=CN=c2c1c(O)ccc2=c1ccc(O)c2c1=NC=C2CCN. The Morgan fingerprint density at radius 2 is 1.32 bits per heavy atom. The van der Waals surface area contributed by atoms with Crippen molar-refractivity contribution in [1.82, 2.24) is 4.90 Å². The molecule has 4 N–H and O–H groups in total. The lowest BCUT2D eigenvalue weighted by atomic mass is 9.99. The van der Waals surface area contributed by atoms with Crippen molar-refractivity contribution in [3.8, 4) is 11.5 Å². The van der Waals surface area contributed by atoms with E-state index in [1.54, 1.807) is 18.3 Å². The van der Waals surface area contributed by atoms with Gasteiger partial charge in [-0.3, -0.25) is 9.98 Å². The lowest BCUT2D eigenvalue weighted by molar-refractivity contribution is 0.419. The fourth-order valence-corrected chi connectivity index (χ4v) is 3.79. The van der Waals surface area contributed by atoms with Gasteiger partial charge < -0.3 is 20.8 Å². The molecule has 0 unspecified atom stereocenters. The molecule has 2 aromatic carbocycles. The first-order valence-electron chi connectivity index (χ1n) is 9.39. The molecule has 2 aromatic rings. The molecule has 0 amide bonds. The van der Waals surface area contributed by atoms with Crippen molar-refractivity contribution < 1.29 is 10.2 Å². The average molecular weight is 376 g/mol. The molecule has 6 heteroatoms. The minimum Gasteiger partial charge on any atom is -0.507 e. The Hall–Kier alpha value is -2.96. The van der Waals surface area contributed by atoms with E-state index in [4.69, 9.17) is 5.73 Å². The minimum absolute atomic E-state index is 0.205. The van der Waals surface area contributed by atoms with E-state index in [1.807, 2.05) is 32.4 Å². The van der Waals surface area contributed by atoms with Crippen LogP contribution in [0.1, 0.15) is 24.0 Å². The lowest BCUT2D eigenvalue weighted by Crippen LogP contribution is -2.16. The van der Waals surface area contributed by atoms with Crippen LogP contribution in [0.4, 0.5) is 0 Å². The van der Waals surface area contributed by atoms with E-state index < -0.39 is 0 Å². The largest absolute Gasteiger partial charge is 0.507 e. The summed E-state index contributed by atoms with van der Waals surface area (Å²) < 4.78 is 0. The topological polar surface area (TPSA) is 94.4 Å². The highest BCUT2D eigenvalue weighted by Gasteiger charge is 2.18. The van der Waals surface area contributed by atoms with Crippen LogP contribution in [-0.2, 0) is 0 Å². The summed E-state index contributed by atoms with van der Waals surface area (Å²) in [6, 6.07) is 7.12. The first-order valence-corrected chi connectivity index (χ1v) is 9.39. The predicted molar refractivity (Wildman–Crippen MR) is 109 cm³/mol. The van der Waals surface area contributed by atoms with Crippen LogP contribution in [0, 0.1) is 10.4 Å². The average Bonchev–Trinajstić information content (AvgIpc) is 3.27. The molecule has 2 aliphatic heterocycles. The smallest absolute Gasteiger partial charge is 0.125 e. The number of hydrogen-bond acceptors (Lipinski definition) is 6. The van der Waals surface area contributed by atoms with Crippen molar-refractivity contribution in [3.05, 3.63) is 68.9 Å². The molecule has 0 atom stereocenters. The van der Waals surface area contributed by atoms with Gasteiger partial charge >= 0.3 is 0 Å². The second-order valence-corrected chi connectivity index (χ2v) is 7.37. The van der Waals surface area contributed by atoms with Crippen LogP contribution in [0.3, 0.4) is 0 Å². The highest BCUT2D eigenvalue weighted by atomic mass is 16.3. The summed E-state index contributed by atoms with van der Waals surface area (Å²) in [5.74, 6) is 0.441. The van der Waals surface area contributed by atoms with Gasteiger partial charge in [-0.25, -0.2) is 0 Å². The first-order chi connectivity index (χ1) is 13.5. The number of hydrogen-bond donors (Lipinski definition) is 3. The third-order valence-corrected chi connectivity index (χ3v) is 5.19. The number of phenols is 2. The lowest BCUT2D eigenvalue weighted by Gasteiger charge is -2.11. The van der Waals surface area contributed by atoms with Gasteiger partial charge in [-0.2, -0.15) is 0 Å². The van der Waals surface area contributed by atoms with Gasteiger partial charge in [0.15, 0.2) is 0 Å². The monoisotopic (exact) mass is 376 g/mol. The molecule has 0 aliphatic carbocycles. The van der Waals surface area contributed by atoms with E-state index in [9.17, 15) is 10.2 Å². The van der Waals surface area contributed by atoms with Crippen LogP contribution < -0.4 is 16.4 Å². The van der Waals surface area contributed by atoms with Crippen LogP contribution >= 0.6 is 0 Å². The van der Waals surface area contributed by atoms with Gasteiger partial charge in [-0.1, -0.05) is 0 Å². The maximum Gasteiger partial charge on any atom is 0.125 e. The number of phenolic OH excluding ortho intramolecular Hbond substituents is 2. The van der Waals surface area contributed by atoms with E-state index >= 15 is 0 Å². The van der Waals surface area contributed by atoms with Gasteiger partial charge in [0.25, 0.3) is 0 Å². The molecule has 28 heavy (non-hydrogen) atoms. The molecule has 0 fully saturated rings.